The lowest BCUT2D eigenvalue weighted by Crippen LogP contribution is -2.54. The van der Waals surface area contributed by atoms with Gasteiger partial charge in [-0.05, 0) is 49.2 Å². The maximum atomic E-state index is 12.8. The molecule has 5 nitrogen and oxygen atoms in total. The summed E-state index contributed by atoms with van der Waals surface area (Å²) in [5.41, 5.74) is 2.94. The summed E-state index contributed by atoms with van der Waals surface area (Å²) in [6.07, 6.45) is 1.50. The van der Waals surface area contributed by atoms with E-state index in [9.17, 15) is 14.4 Å². The quantitative estimate of drug-likeness (QED) is 0.618. The molecule has 0 unspecified atom stereocenters. The van der Waals surface area contributed by atoms with Crippen molar-refractivity contribution in [3.63, 3.8) is 0 Å². The van der Waals surface area contributed by atoms with Gasteiger partial charge in [0.25, 0.3) is 11.8 Å². The molecule has 0 spiro atoms. The van der Waals surface area contributed by atoms with Crippen molar-refractivity contribution in [2.24, 2.45) is 0 Å². The lowest BCUT2D eigenvalue weighted by atomic mass is 10.0. The van der Waals surface area contributed by atoms with E-state index in [1.807, 2.05) is 32.0 Å². The van der Waals surface area contributed by atoms with E-state index in [1.165, 1.54) is 6.08 Å². The number of halogens is 1. The number of aryl methyl sites for hydroxylation is 2. The van der Waals surface area contributed by atoms with Crippen LogP contribution in [-0.4, -0.2) is 17.8 Å². The van der Waals surface area contributed by atoms with Gasteiger partial charge in [-0.3, -0.25) is 14.9 Å². The minimum Gasteiger partial charge on any atom is -0.273 e. The highest BCUT2D eigenvalue weighted by Gasteiger charge is 2.36. The first-order chi connectivity index (χ1) is 11.9. The number of nitrogens with one attached hydrogen (secondary N) is 1. The second-order valence-corrected chi connectivity index (χ2v) is 6.66. The summed E-state index contributed by atoms with van der Waals surface area (Å²) < 4.78 is 0.868. The third kappa shape index (κ3) is 3.39. The molecule has 25 heavy (non-hydrogen) atoms. The molecule has 0 bridgehead atoms. The van der Waals surface area contributed by atoms with Crippen molar-refractivity contribution < 1.29 is 14.4 Å². The van der Waals surface area contributed by atoms with Crippen LogP contribution in [0.5, 0.6) is 0 Å². The predicted molar refractivity (Wildman–Crippen MR) is 99.1 cm³/mol. The number of carbonyl (C=O) groups excluding carboxylic acids is 3. The number of amides is 4. The van der Waals surface area contributed by atoms with Crippen LogP contribution in [0, 0.1) is 13.8 Å². The summed E-state index contributed by atoms with van der Waals surface area (Å²) in [7, 11) is 0. The Morgan fingerprint density at radius 1 is 1.04 bits per heavy atom. The van der Waals surface area contributed by atoms with E-state index in [0.29, 0.717) is 5.69 Å². The second-order valence-electron chi connectivity index (χ2n) is 5.81. The fourth-order valence-electron chi connectivity index (χ4n) is 2.59. The van der Waals surface area contributed by atoms with Gasteiger partial charge < -0.3 is 0 Å². The molecule has 126 valence electrons. The van der Waals surface area contributed by atoms with Gasteiger partial charge >= 0.3 is 6.03 Å². The Balaban J connectivity index is 2.03. The predicted octanol–water partition coefficient (Wildman–Crippen LogP) is 3.73. The summed E-state index contributed by atoms with van der Waals surface area (Å²) >= 11 is 3.39. The van der Waals surface area contributed by atoms with Crippen LogP contribution in [0.3, 0.4) is 0 Å². The van der Waals surface area contributed by atoms with Crippen LogP contribution >= 0.6 is 15.9 Å². The number of nitrogens with zero attached hydrogens (tertiary/aromatic N) is 1. The van der Waals surface area contributed by atoms with Crippen molar-refractivity contribution >= 4 is 45.5 Å². The monoisotopic (exact) mass is 398 g/mol. The molecule has 1 N–H and O–H groups in total. The molecular formula is C19H15BrN2O3. The van der Waals surface area contributed by atoms with E-state index in [4.69, 9.17) is 0 Å². The Morgan fingerprint density at radius 3 is 2.48 bits per heavy atom. The Labute approximate surface area is 153 Å². The number of hydrogen-bond acceptors (Lipinski definition) is 3. The first-order valence-corrected chi connectivity index (χ1v) is 8.40. The third-order valence-electron chi connectivity index (χ3n) is 3.85. The fourth-order valence-corrected chi connectivity index (χ4v) is 2.83. The molecule has 3 rings (SSSR count). The number of hydrogen-bond donors (Lipinski definition) is 1. The number of rotatable bonds is 2. The molecule has 1 aliphatic rings. The average Bonchev–Trinajstić information content (AvgIpc) is 2.55. The minimum atomic E-state index is -0.752. The smallest absolute Gasteiger partial charge is 0.273 e. The van der Waals surface area contributed by atoms with E-state index < -0.39 is 17.8 Å². The molecule has 4 amide bonds. The molecule has 6 heteroatoms. The lowest BCUT2D eigenvalue weighted by molar-refractivity contribution is -0.122. The van der Waals surface area contributed by atoms with Crippen LogP contribution in [0.1, 0.15) is 16.7 Å². The fraction of sp³-hybridized carbons (Fsp3) is 0.105. The van der Waals surface area contributed by atoms with Crippen LogP contribution in [0.25, 0.3) is 6.08 Å². The lowest BCUT2D eigenvalue weighted by Gasteiger charge is -2.26. The molecule has 1 fully saturated rings. The van der Waals surface area contributed by atoms with Gasteiger partial charge in [-0.15, -0.1) is 0 Å². The third-order valence-corrected chi connectivity index (χ3v) is 4.74. The van der Waals surface area contributed by atoms with Crippen molar-refractivity contribution in [2.45, 2.75) is 13.8 Å². The van der Waals surface area contributed by atoms with Crippen molar-refractivity contribution in [2.75, 3.05) is 4.90 Å². The summed E-state index contributed by atoms with van der Waals surface area (Å²) in [6.45, 7) is 3.78. The minimum absolute atomic E-state index is 0.0780. The molecule has 1 aliphatic heterocycles. The summed E-state index contributed by atoms with van der Waals surface area (Å²) in [4.78, 5) is 38.1. The van der Waals surface area contributed by atoms with E-state index in [2.05, 4.69) is 21.2 Å². The molecule has 0 radical (unpaired) electrons. The normalized spacial score (nSPS) is 16.4. The van der Waals surface area contributed by atoms with Crippen LogP contribution in [0.4, 0.5) is 10.5 Å². The molecule has 0 aliphatic carbocycles. The first-order valence-electron chi connectivity index (χ1n) is 7.61. The van der Waals surface area contributed by atoms with Crippen molar-refractivity contribution in [1.82, 2.24) is 5.32 Å². The number of imide groups is 2. The maximum absolute atomic E-state index is 12.8. The highest BCUT2D eigenvalue weighted by molar-refractivity contribution is 9.10. The number of benzene rings is 2. The van der Waals surface area contributed by atoms with Crippen LogP contribution < -0.4 is 10.2 Å². The first kappa shape index (κ1) is 17.1. The Morgan fingerprint density at radius 2 is 1.80 bits per heavy atom. The van der Waals surface area contributed by atoms with Crippen LogP contribution in [-0.2, 0) is 9.59 Å². The summed E-state index contributed by atoms with van der Waals surface area (Å²) in [5, 5.41) is 2.22. The number of barbiturate groups is 1. The van der Waals surface area contributed by atoms with E-state index in [0.717, 1.165) is 26.1 Å². The van der Waals surface area contributed by atoms with Gasteiger partial charge in [-0.2, -0.15) is 0 Å². The maximum Gasteiger partial charge on any atom is 0.335 e. The standard InChI is InChI=1S/C19H15BrN2O3/c1-11-4-3-5-13(8-11)10-15-17(23)21-19(25)22(18(15)24)14-6-7-16(20)12(2)9-14/h3-10H,1-2H3,(H,21,23,25). The number of anilines is 1. The SMILES string of the molecule is Cc1cccc(C=C2C(=O)NC(=O)N(c3ccc(Br)c(C)c3)C2=O)c1. The van der Waals surface area contributed by atoms with Gasteiger partial charge in [0, 0.05) is 4.47 Å². The van der Waals surface area contributed by atoms with Gasteiger partial charge in [0.1, 0.15) is 5.57 Å². The number of carbonyl (C=O) groups is 3. The number of urea groups is 1. The zero-order valence-electron chi connectivity index (χ0n) is 13.7. The Kier molecular flexibility index (Phi) is 4.55. The van der Waals surface area contributed by atoms with Gasteiger partial charge in [0.2, 0.25) is 0 Å². The summed E-state index contributed by atoms with van der Waals surface area (Å²) in [5.74, 6) is -1.33. The van der Waals surface area contributed by atoms with Gasteiger partial charge in [0.05, 0.1) is 5.69 Å². The molecule has 2 aromatic carbocycles. The van der Waals surface area contributed by atoms with Crippen molar-refractivity contribution in [3.05, 3.63) is 69.2 Å². The van der Waals surface area contributed by atoms with Crippen LogP contribution in [0.15, 0.2) is 52.5 Å². The van der Waals surface area contributed by atoms with Crippen LogP contribution in [0.2, 0.25) is 0 Å². The molecule has 1 heterocycles. The van der Waals surface area contributed by atoms with Gasteiger partial charge in [-0.1, -0.05) is 45.8 Å². The Bertz CT molecular complexity index is 934. The molecule has 1 saturated heterocycles. The molecule has 0 saturated carbocycles. The average molecular weight is 399 g/mol. The zero-order chi connectivity index (χ0) is 18.1. The zero-order valence-corrected chi connectivity index (χ0v) is 15.3. The molecule has 0 aromatic heterocycles. The summed E-state index contributed by atoms with van der Waals surface area (Å²) in [6, 6.07) is 11.8. The van der Waals surface area contributed by atoms with E-state index in [1.54, 1.807) is 24.3 Å². The van der Waals surface area contributed by atoms with Gasteiger partial charge in [-0.25, -0.2) is 9.69 Å². The largest absolute Gasteiger partial charge is 0.335 e. The molecular weight excluding hydrogens is 384 g/mol. The highest BCUT2D eigenvalue weighted by Crippen LogP contribution is 2.26. The Hall–Kier alpha value is -2.73. The molecule has 0 atom stereocenters. The van der Waals surface area contributed by atoms with Gasteiger partial charge in [0.15, 0.2) is 0 Å². The highest BCUT2D eigenvalue weighted by atomic mass is 79.9. The van der Waals surface area contributed by atoms with E-state index in [-0.39, 0.29) is 5.57 Å². The van der Waals surface area contributed by atoms with Crippen molar-refractivity contribution in [3.8, 4) is 0 Å². The second kappa shape index (κ2) is 6.64. The topological polar surface area (TPSA) is 66.5 Å². The molecule has 2 aromatic rings. The van der Waals surface area contributed by atoms with Crippen molar-refractivity contribution in [1.29, 1.82) is 0 Å². The van der Waals surface area contributed by atoms with E-state index >= 15 is 0 Å².